The summed E-state index contributed by atoms with van der Waals surface area (Å²) >= 11 is 0. The maximum Gasteiger partial charge on any atom is 0.287 e. The molecule has 100 valence electrons. The molecule has 0 atom stereocenters. The van der Waals surface area contributed by atoms with Crippen molar-refractivity contribution in [2.24, 2.45) is 5.73 Å². The number of nitrogens with zero attached hydrogens (tertiary/aromatic N) is 1. The van der Waals surface area contributed by atoms with Crippen molar-refractivity contribution in [1.82, 2.24) is 10.2 Å². The molecule has 1 fully saturated rings. The Kier molecular flexibility index (Phi) is 3.73. The van der Waals surface area contributed by atoms with Crippen LogP contribution in [0.25, 0.3) is 0 Å². The predicted octanol–water partition coefficient (Wildman–Crippen LogP) is 0.952. The first-order valence-corrected chi connectivity index (χ1v) is 6.32. The largest absolute Gasteiger partial charge is 0.455 e. The van der Waals surface area contributed by atoms with E-state index in [1.54, 1.807) is 12.1 Å². The lowest BCUT2D eigenvalue weighted by molar-refractivity contribution is 0.0549. The van der Waals surface area contributed by atoms with Crippen LogP contribution in [-0.4, -0.2) is 37.0 Å². The first-order valence-electron chi connectivity index (χ1n) is 6.32. The number of likely N-dealkylation sites (N-methyl/N-ethyl adjacent to an activating group) is 1. The van der Waals surface area contributed by atoms with Crippen LogP contribution in [0.2, 0.25) is 0 Å². The van der Waals surface area contributed by atoms with Crippen LogP contribution in [0.4, 0.5) is 0 Å². The van der Waals surface area contributed by atoms with Crippen LogP contribution in [0.5, 0.6) is 0 Å². The average Bonchev–Trinajstić information content (AvgIpc) is 2.75. The quantitative estimate of drug-likeness (QED) is 0.817. The van der Waals surface area contributed by atoms with E-state index in [4.69, 9.17) is 10.2 Å². The average molecular weight is 251 g/mol. The van der Waals surface area contributed by atoms with Gasteiger partial charge in [-0.1, -0.05) is 0 Å². The third kappa shape index (κ3) is 2.42. The van der Waals surface area contributed by atoms with Gasteiger partial charge in [-0.2, -0.15) is 0 Å². The topological polar surface area (TPSA) is 71.5 Å². The predicted molar refractivity (Wildman–Crippen MR) is 69.2 cm³/mol. The van der Waals surface area contributed by atoms with Crippen LogP contribution >= 0.6 is 0 Å². The van der Waals surface area contributed by atoms with E-state index in [-0.39, 0.29) is 11.4 Å². The van der Waals surface area contributed by atoms with Gasteiger partial charge in [-0.3, -0.25) is 4.79 Å². The molecule has 1 aliphatic carbocycles. The second-order valence-corrected chi connectivity index (χ2v) is 5.13. The fraction of sp³-hybridized carbons (Fsp3) is 0.615. The van der Waals surface area contributed by atoms with Crippen LogP contribution < -0.4 is 11.1 Å². The van der Waals surface area contributed by atoms with Crippen LogP contribution in [0.1, 0.15) is 35.6 Å². The number of furan rings is 1. The summed E-state index contributed by atoms with van der Waals surface area (Å²) in [4.78, 5) is 14.1. The van der Waals surface area contributed by atoms with Crippen LogP contribution in [0, 0.1) is 0 Å². The SMILES string of the molecule is CN(C)C1(CNC(=O)c2ccc(CN)o2)CCC1. The lowest BCUT2D eigenvalue weighted by Crippen LogP contribution is -2.57. The van der Waals surface area contributed by atoms with Crippen molar-refractivity contribution in [2.75, 3.05) is 20.6 Å². The standard InChI is InChI=1S/C13H21N3O2/c1-16(2)13(6-3-7-13)9-15-12(17)11-5-4-10(8-14)18-11/h4-5H,3,6-9,14H2,1-2H3,(H,15,17). The second kappa shape index (κ2) is 5.12. The highest BCUT2D eigenvalue weighted by atomic mass is 16.4. The molecular weight excluding hydrogens is 230 g/mol. The van der Waals surface area contributed by atoms with Gasteiger partial charge in [0.2, 0.25) is 0 Å². The molecule has 0 bridgehead atoms. The monoisotopic (exact) mass is 251 g/mol. The number of amides is 1. The number of rotatable bonds is 5. The molecule has 0 saturated heterocycles. The molecule has 1 aliphatic rings. The molecular formula is C13H21N3O2. The highest BCUT2D eigenvalue weighted by molar-refractivity contribution is 5.91. The van der Waals surface area contributed by atoms with Gasteiger partial charge >= 0.3 is 0 Å². The Morgan fingerprint density at radius 1 is 1.50 bits per heavy atom. The van der Waals surface area contributed by atoms with Crippen molar-refractivity contribution in [2.45, 2.75) is 31.3 Å². The van der Waals surface area contributed by atoms with Crippen molar-refractivity contribution in [3.8, 4) is 0 Å². The molecule has 0 aromatic carbocycles. The van der Waals surface area contributed by atoms with Gasteiger partial charge in [0.1, 0.15) is 5.76 Å². The van der Waals surface area contributed by atoms with E-state index in [9.17, 15) is 4.79 Å². The summed E-state index contributed by atoms with van der Waals surface area (Å²) in [5.41, 5.74) is 5.57. The zero-order valence-electron chi connectivity index (χ0n) is 11.0. The Morgan fingerprint density at radius 3 is 2.67 bits per heavy atom. The van der Waals surface area contributed by atoms with E-state index in [0.717, 1.165) is 12.8 Å². The van der Waals surface area contributed by atoms with Crippen LogP contribution in [0.3, 0.4) is 0 Å². The number of nitrogens with two attached hydrogens (primary N) is 1. The molecule has 0 aliphatic heterocycles. The summed E-state index contributed by atoms with van der Waals surface area (Å²) in [6.07, 6.45) is 3.49. The van der Waals surface area contributed by atoms with Crippen molar-refractivity contribution >= 4 is 5.91 Å². The first kappa shape index (κ1) is 13.1. The summed E-state index contributed by atoms with van der Waals surface area (Å²) in [5.74, 6) is 0.803. The molecule has 5 heteroatoms. The maximum absolute atomic E-state index is 11.9. The zero-order valence-corrected chi connectivity index (χ0v) is 11.0. The van der Waals surface area contributed by atoms with Gasteiger partial charge in [-0.25, -0.2) is 0 Å². The Balaban J connectivity index is 1.92. The van der Waals surface area contributed by atoms with E-state index in [2.05, 4.69) is 24.3 Å². The molecule has 1 aromatic rings. The van der Waals surface area contributed by atoms with Gasteiger partial charge in [0.25, 0.3) is 5.91 Å². The fourth-order valence-electron chi connectivity index (χ4n) is 2.31. The fourth-order valence-corrected chi connectivity index (χ4v) is 2.31. The maximum atomic E-state index is 11.9. The van der Waals surface area contributed by atoms with E-state index < -0.39 is 0 Å². The minimum Gasteiger partial charge on any atom is -0.455 e. The Morgan fingerprint density at radius 2 is 2.22 bits per heavy atom. The number of hydrogen-bond acceptors (Lipinski definition) is 4. The molecule has 0 unspecified atom stereocenters. The van der Waals surface area contributed by atoms with Crippen LogP contribution in [0.15, 0.2) is 16.5 Å². The summed E-state index contributed by atoms with van der Waals surface area (Å²) in [5, 5.41) is 2.95. The van der Waals surface area contributed by atoms with Gasteiger partial charge in [0.05, 0.1) is 6.54 Å². The zero-order chi connectivity index (χ0) is 13.2. The van der Waals surface area contributed by atoms with E-state index in [1.165, 1.54) is 6.42 Å². The number of carbonyl (C=O) groups is 1. The Labute approximate surface area is 107 Å². The van der Waals surface area contributed by atoms with E-state index in [0.29, 0.717) is 24.6 Å². The van der Waals surface area contributed by atoms with E-state index in [1.807, 2.05) is 0 Å². The van der Waals surface area contributed by atoms with Gasteiger partial charge in [-0.15, -0.1) is 0 Å². The highest BCUT2D eigenvalue weighted by Gasteiger charge is 2.39. The Hall–Kier alpha value is -1.33. The van der Waals surface area contributed by atoms with Gasteiger partial charge in [-0.05, 0) is 45.5 Å². The molecule has 1 heterocycles. The smallest absolute Gasteiger partial charge is 0.287 e. The summed E-state index contributed by atoms with van der Waals surface area (Å²) in [6, 6.07) is 3.40. The molecule has 18 heavy (non-hydrogen) atoms. The third-order valence-corrected chi connectivity index (χ3v) is 3.90. The normalized spacial score (nSPS) is 17.6. The number of hydrogen-bond donors (Lipinski definition) is 2. The molecule has 1 saturated carbocycles. The van der Waals surface area contributed by atoms with Crippen molar-refractivity contribution in [3.05, 3.63) is 23.7 Å². The molecule has 1 aromatic heterocycles. The van der Waals surface area contributed by atoms with E-state index >= 15 is 0 Å². The summed E-state index contributed by atoms with van der Waals surface area (Å²) in [7, 11) is 4.12. The second-order valence-electron chi connectivity index (χ2n) is 5.13. The molecule has 0 spiro atoms. The minimum atomic E-state index is -0.164. The Bertz CT molecular complexity index is 422. The molecule has 5 nitrogen and oxygen atoms in total. The van der Waals surface area contributed by atoms with Gasteiger partial charge < -0.3 is 20.4 Å². The van der Waals surface area contributed by atoms with Gasteiger partial charge in [0.15, 0.2) is 5.76 Å². The molecule has 0 radical (unpaired) electrons. The molecule has 3 N–H and O–H groups in total. The van der Waals surface area contributed by atoms with Crippen molar-refractivity contribution in [3.63, 3.8) is 0 Å². The lowest BCUT2D eigenvalue weighted by atomic mass is 9.75. The highest BCUT2D eigenvalue weighted by Crippen LogP contribution is 2.35. The minimum absolute atomic E-state index is 0.124. The summed E-state index contributed by atoms with van der Waals surface area (Å²) in [6.45, 7) is 0.979. The first-order chi connectivity index (χ1) is 8.57. The third-order valence-electron chi connectivity index (χ3n) is 3.90. The number of carbonyl (C=O) groups excluding carboxylic acids is 1. The summed E-state index contributed by atoms with van der Waals surface area (Å²) < 4.78 is 5.32. The van der Waals surface area contributed by atoms with Crippen molar-refractivity contribution < 1.29 is 9.21 Å². The number of nitrogens with one attached hydrogen (secondary N) is 1. The molecule has 1 amide bonds. The lowest BCUT2D eigenvalue weighted by Gasteiger charge is -2.47. The molecule has 2 rings (SSSR count). The van der Waals surface area contributed by atoms with Crippen LogP contribution in [-0.2, 0) is 6.54 Å². The van der Waals surface area contributed by atoms with Crippen molar-refractivity contribution in [1.29, 1.82) is 0 Å². The van der Waals surface area contributed by atoms with Gasteiger partial charge in [0, 0.05) is 12.1 Å².